The van der Waals surface area contributed by atoms with E-state index in [0.29, 0.717) is 25.9 Å². The van der Waals surface area contributed by atoms with Gasteiger partial charge in [0, 0.05) is 25.3 Å². The molecule has 98 valence electrons. The molecule has 1 fully saturated rings. The Morgan fingerprint density at radius 1 is 1.18 bits per heavy atom. The summed E-state index contributed by atoms with van der Waals surface area (Å²) in [6.07, 6.45) is 2.06. The van der Waals surface area contributed by atoms with Gasteiger partial charge in [-0.2, -0.15) is 5.26 Å². The smallest absolute Gasteiger partial charge is 0.215 e. The predicted octanol–water partition coefficient (Wildman–Crippen LogP) is -0.404. The molecule has 0 saturated carbocycles. The van der Waals surface area contributed by atoms with Gasteiger partial charge in [-0.25, -0.2) is 21.1 Å². The van der Waals surface area contributed by atoms with Gasteiger partial charge in [-0.1, -0.05) is 0 Å². The number of sulfonamides is 1. The average molecular weight is 280 g/mol. The van der Waals surface area contributed by atoms with E-state index in [-0.39, 0.29) is 17.4 Å². The summed E-state index contributed by atoms with van der Waals surface area (Å²) in [7, 11) is -6.77. The van der Waals surface area contributed by atoms with Crippen LogP contribution in [0.25, 0.3) is 0 Å². The first-order valence-electron chi connectivity index (χ1n) is 5.30. The van der Waals surface area contributed by atoms with Crippen molar-refractivity contribution in [3.8, 4) is 6.07 Å². The molecule has 0 aromatic carbocycles. The number of nitriles is 1. The van der Waals surface area contributed by atoms with Gasteiger partial charge >= 0.3 is 0 Å². The van der Waals surface area contributed by atoms with Crippen molar-refractivity contribution >= 4 is 19.9 Å². The Labute approximate surface area is 102 Å². The Morgan fingerprint density at radius 2 is 1.71 bits per heavy atom. The highest BCUT2D eigenvalue weighted by Crippen LogP contribution is 2.18. The number of hydrogen-bond donors (Lipinski definition) is 0. The van der Waals surface area contributed by atoms with E-state index >= 15 is 0 Å². The summed E-state index contributed by atoms with van der Waals surface area (Å²) in [5, 5.41) is 8.69. The lowest BCUT2D eigenvalue weighted by Crippen LogP contribution is -2.40. The molecule has 0 bridgehead atoms. The molecule has 0 aromatic rings. The minimum atomic E-state index is -3.50. The van der Waals surface area contributed by atoms with Gasteiger partial charge in [-0.3, -0.25) is 0 Å². The number of piperidine rings is 1. The van der Waals surface area contributed by atoms with E-state index in [1.54, 1.807) is 0 Å². The number of rotatable bonds is 4. The van der Waals surface area contributed by atoms with Crippen LogP contribution in [0.1, 0.15) is 12.8 Å². The van der Waals surface area contributed by atoms with Crippen molar-refractivity contribution in [2.24, 2.45) is 5.92 Å². The quantitative estimate of drug-likeness (QED) is 0.698. The molecule has 0 aromatic heterocycles. The maximum absolute atomic E-state index is 11.8. The second-order valence-electron chi connectivity index (χ2n) is 4.25. The first-order valence-corrected chi connectivity index (χ1v) is 8.97. The van der Waals surface area contributed by atoms with Crippen molar-refractivity contribution in [1.82, 2.24) is 4.31 Å². The van der Waals surface area contributed by atoms with Gasteiger partial charge in [0.2, 0.25) is 10.0 Å². The monoisotopic (exact) mass is 280 g/mol. The maximum Gasteiger partial charge on any atom is 0.215 e. The number of sulfone groups is 1. The van der Waals surface area contributed by atoms with E-state index in [9.17, 15) is 16.8 Å². The molecule has 0 unspecified atom stereocenters. The van der Waals surface area contributed by atoms with Crippen molar-refractivity contribution in [1.29, 1.82) is 5.26 Å². The number of hydrogen-bond acceptors (Lipinski definition) is 5. The standard InChI is InChI=1S/C9H16N2O4S2/c1-16(12,13)6-7-17(14,15)11-4-2-9(8-10)3-5-11/h9H,2-7H2,1H3. The van der Waals surface area contributed by atoms with Gasteiger partial charge in [0.15, 0.2) is 0 Å². The van der Waals surface area contributed by atoms with Gasteiger partial charge in [0.05, 0.1) is 17.6 Å². The van der Waals surface area contributed by atoms with E-state index in [2.05, 4.69) is 6.07 Å². The van der Waals surface area contributed by atoms with Crippen LogP contribution >= 0.6 is 0 Å². The van der Waals surface area contributed by atoms with Crippen LogP contribution in [-0.4, -0.2) is 52.0 Å². The Kier molecular flexibility index (Phi) is 4.52. The lowest BCUT2D eigenvalue weighted by Gasteiger charge is -2.28. The minimum absolute atomic E-state index is 0.0867. The fourth-order valence-electron chi connectivity index (χ4n) is 1.65. The Bertz CT molecular complexity index is 496. The lowest BCUT2D eigenvalue weighted by molar-refractivity contribution is 0.310. The van der Waals surface area contributed by atoms with E-state index < -0.39 is 19.9 Å². The fourth-order valence-corrected chi connectivity index (χ4v) is 4.73. The third-order valence-electron chi connectivity index (χ3n) is 2.74. The molecule has 1 aliphatic rings. The highest BCUT2D eigenvalue weighted by atomic mass is 32.2. The average Bonchev–Trinajstić information content (AvgIpc) is 2.26. The van der Waals surface area contributed by atoms with E-state index in [1.807, 2.05) is 0 Å². The Morgan fingerprint density at radius 3 is 2.12 bits per heavy atom. The predicted molar refractivity (Wildman–Crippen MR) is 63.4 cm³/mol. The second-order valence-corrected chi connectivity index (χ2v) is 8.60. The van der Waals surface area contributed by atoms with Crippen molar-refractivity contribution < 1.29 is 16.8 Å². The van der Waals surface area contributed by atoms with Crippen molar-refractivity contribution in [2.45, 2.75) is 12.8 Å². The van der Waals surface area contributed by atoms with Crippen LogP contribution in [0.2, 0.25) is 0 Å². The topological polar surface area (TPSA) is 95.3 Å². The Hall–Kier alpha value is -0.650. The molecule has 17 heavy (non-hydrogen) atoms. The molecule has 0 radical (unpaired) electrons. The van der Waals surface area contributed by atoms with Crippen LogP contribution in [-0.2, 0) is 19.9 Å². The summed E-state index contributed by atoms with van der Waals surface area (Å²) < 4.78 is 46.8. The zero-order valence-corrected chi connectivity index (χ0v) is 11.3. The molecule has 6 nitrogen and oxygen atoms in total. The third-order valence-corrected chi connectivity index (χ3v) is 5.82. The summed E-state index contributed by atoms with van der Waals surface area (Å²) in [4.78, 5) is 0. The van der Waals surface area contributed by atoms with Crippen LogP contribution in [0.5, 0.6) is 0 Å². The van der Waals surface area contributed by atoms with Crippen molar-refractivity contribution in [3.05, 3.63) is 0 Å². The zero-order chi connectivity index (χ0) is 13.1. The molecule has 0 N–H and O–H groups in total. The zero-order valence-electron chi connectivity index (χ0n) is 9.66. The molecule has 1 heterocycles. The van der Waals surface area contributed by atoms with Gasteiger partial charge in [-0.05, 0) is 12.8 Å². The summed E-state index contributed by atoms with van der Waals surface area (Å²) in [5.41, 5.74) is 0. The van der Waals surface area contributed by atoms with Crippen LogP contribution in [0.3, 0.4) is 0 Å². The molecular formula is C9H16N2O4S2. The van der Waals surface area contributed by atoms with Crippen molar-refractivity contribution in [3.63, 3.8) is 0 Å². The minimum Gasteiger partial charge on any atom is -0.229 e. The van der Waals surface area contributed by atoms with Crippen LogP contribution in [0, 0.1) is 17.2 Å². The van der Waals surface area contributed by atoms with Crippen LogP contribution in [0.15, 0.2) is 0 Å². The molecule has 0 aliphatic carbocycles. The second kappa shape index (κ2) is 5.33. The van der Waals surface area contributed by atoms with Gasteiger partial charge in [0.25, 0.3) is 0 Å². The third kappa shape index (κ3) is 4.61. The van der Waals surface area contributed by atoms with Gasteiger partial charge in [-0.15, -0.1) is 0 Å². The lowest BCUT2D eigenvalue weighted by atomic mass is 10.0. The van der Waals surface area contributed by atoms with Crippen molar-refractivity contribution in [2.75, 3.05) is 30.9 Å². The fraction of sp³-hybridized carbons (Fsp3) is 0.889. The molecule has 0 amide bonds. The largest absolute Gasteiger partial charge is 0.229 e. The van der Waals surface area contributed by atoms with E-state index in [1.165, 1.54) is 4.31 Å². The highest BCUT2D eigenvalue weighted by Gasteiger charge is 2.28. The number of nitrogens with zero attached hydrogens (tertiary/aromatic N) is 2. The van der Waals surface area contributed by atoms with E-state index in [4.69, 9.17) is 5.26 Å². The molecular weight excluding hydrogens is 264 g/mol. The summed E-state index contributed by atoms with van der Waals surface area (Å²) in [5.74, 6) is -0.812. The molecule has 0 atom stereocenters. The summed E-state index contributed by atoms with van der Waals surface area (Å²) in [6.45, 7) is 0.620. The first-order chi connectivity index (χ1) is 7.74. The molecule has 8 heteroatoms. The summed E-state index contributed by atoms with van der Waals surface area (Å²) in [6, 6.07) is 2.11. The maximum atomic E-state index is 11.8. The van der Waals surface area contributed by atoms with E-state index in [0.717, 1.165) is 6.26 Å². The first kappa shape index (κ1) is 14.4. The van der Waals surface area contributed by atoms with Crippen LogP contribution < -0.4 is 0 Å². The SMILES string of the molecule is CS(=O)(=O)CCS(=O)(=O)N1CCC(C#N)CC1. The van der Waals surface area contributed by atoms with Gasteiger partial charge < -0.3 is 0 Å². The molecule has 0 spiro atoms. The highest BCUT2D eigenvalue weighted by molar-refractivity contribution is 7.93. The van der Waals surface area contributed by atoms with Crippen LogP contribution in [0.4, 0.5) is 0 Å². The summed E-state index contributed by atoms with van der Waals surface area (Å²) >= 11 is 0. The molecule has 1 rings (SSSR count). The van der Waals surface area contributed by atoms with Gasteiger partial charge in [0.1, 0.15) is 9.84 Å². The molecule has 1 saturated heterocycles. The normalized spacial score (nSPS) is 20.0. The molecule has 1 aliphatic heterocycles. The Balaban J connectivity index is 2.58.